The molecule has 6 nitrogen and oxygen atoms in total. The van der Waals surface area contributed by atoms with Crippen molar-refractivity contribution in [2.24, 2.45) is 0 Å². The Balaban J connectivity index is 3.00. The molecule has 0 saturated heterocycles. The highest BCUT2D eigenvalue weighted by molar-refractivity contribution is 5.90. The highest BCUT2D eigenvalue weighted by atomic mass is 16.5. The van der Waals surface area contributed by atoms with Crippen LogP contribution in [0, 0.1) is 0 Å². The Morgan fingerprint density at radius 3 is 2.89 bits per heavy atom. The Hall–Kier alpha value is -2.37. The summed E-state index contributed by atoms with van der Waals surface area (Å²) in [5.41, 5.74) is 0.321. The maximum Gasteiger partial charge on any atom is 0.338 e. The molecule has 0 aliphatic heterocycles. The zero-order valence-corrected chi connectivity index (χ0v) is 10.00. The number of rotatable bonds is 6. The summed E-state index contributed by atoms with van der Waals surface area (Å²) in [6.07, 6.45) is 3.00. The van der Waals surface area contributed by atoms with E-state index in [1.54, 1.807) is 6.08 Å². The van der Waals surface area contributed by atoms with E-state index in [0.717, 1.165) is 0 Å². The highest BCUT2D eigenvalue weighted by Crippen LogP contribution is 2.13. The molecule has 0 bridgehead atoms. The SMILES string of the molecule is C=CCN(CC(=O)O)c1cc(C(=O)OC)ccn1. The molecule has 0 atom stereocenters. The summed E-state index contributed by atoms with van der Waals surface area (Å²) in [5.74, 6) is -1.09. The molecule has 0 aromatic carbocycles. The number of carbonyl (C=O) groups is 2. The Bertz CT molecular complexity index is 459. The van der Waals surface area contributed by atoms with Gasteiger partial charge in [0.1, 0.15) is 12.4 Å². The summed E-state index contributed by atoms with van der Waals surface area (Å²) >= 11 is 0. The highest BCUT2D eigenvalue weighted by Gasteiger charge is 2.13. The first kappa shape index (κ1) is 13.7. The van der Waals surface area contributed by atoms with E-state index in [1.165, 1.54) is 30.3 Å². The molecular weight excluding hydrogens is 236 g/mol. The van der Waals surface area contributed by atoms with Crippen LogP contribution in [-0.4, -0.2) is 42.2 Å². The number of carboxylic acids is 1. The van der Waals surface area contributed by atoms with E-state index < -0.39 is 11.9 Å². The van der Waals surface area contributed by atoms with E-state index in [-0.39, 0.29) is 6.54 Å². The van der Waals surface area contributed by atoms with Crippen molar-refractivity contribution in [3.05, 3.63) is 36.5 Å². The number of ether oxygens (including phenoxy) is 1. The molecule has 0 amide bonds. The van der Waals surface area contributed by atoms with Crippen LogP contribution in [0.3, 0.4) is 0 Å². The third kappa shape index (κ3) is 3.58. The standard InChI is InChI=1S/C12H14N2O4/c1-3-6-14(8-11(15)16)10-7-9(4-5-13-10)12(17)18-2/h3-5,7H,1,6,8H2,2H3,(H,15,16). The van der Waals surface area contributed by atoms with Gasteiger partial charge in [-0.25, -0.2) is 9.78 Å². The number of nitrogens with zero attached hydrogens (tertiary/aromatic N) is 2. The van der Waals surface area contributed by atoms with Gasteiger partial charge in [-0.2, -0.15) is 0 Å². The summed E-state index contributed by atoms with van der Waals surface area (Å²) in [5, 5.41) is 8.80. The number of anilines is 1. The molecule has 0 radical (unpaired) electrons. The molecule has 0 spiro atoms. The van der Waals surface area contributed by atoms with Gasteiger partial charge in [-0.3, -0.25) is 4.79 Å². The van der Waals surface area contributed by atoms with Crippen molar-refractivity contribution in [3.8, 4) is 0 Å². The van der Waals surface area contributed by atoms with E-state index in [1.807, 2.05) is 0 Å². The summed E-state index contributed by atoms with van der Waals surface area (Å²) in [6, 6.07) is 2.99. The van der Waals surface area contributed by atoms with Crippen molar-refractivity contribution >= 4 is 17.8 Å². The molecular formula is C12H14N2O4. The smallest absolute Gasteiger partial charge is 0.338 e. The molecule has 1 heterocycles. The van der Waals surface area contributed by atoms with Crippen LogP contribution in [0.1, 0.15) is 10.4 Å². The average Bonchev–Trinajstić information content (AvgIpc) is 2.37. The largest absolute Gasteiger partial charge is 0.480 e. The Morgan fingerprint density at radius 2 is 2.33 bits per heavy atom. The number of carbonyl (C=O) groups excluding carboxylic acids is 1. The minimum absolute atomic E-state index is 0.219. The Kier molecular flexibility index (Phi) is 4.86. The van der Waals surface area contributed by atoms with Gasteiger partial charge in [0.05, 0.1) is 12.7 Å². The number of methoxy groups -OCH3 is 1. The number of esters is 1. The van der Waals surface area contributed by atoms with Gasteiger partial charge in [-0.1, -0.05) is 6.08 Å². The van der Waals surface area contributed by atoms with Crippen LogP contribution < -0.4 is 4.90 Å². The molecule has 0 fully saturated rings. The van der Waals surface area contributed by atoms with Crippen molar-refractivity contribution in [3.63, 3.8) is 0 Å². The molecule has 0 aliphatic rings. The number of hydrogen-bond donors (Lipinski definition) is 1. The molecule has 1 N–H and O–H groups in total. The Labute approximate surface area is 105 Å². The molecule has 18 heavy (non-hydrogen) atoms. The van der Waals surface area contributed by atoms with Crippen LogP contribution in [-0.2, 0) is 9.53 Å². The van der Waals surface area contributed by atoms with E-state index >= 15 is 0 Å². The molecule has 0 unspecified atom stereocenters. The number of pyridine rings is 1. The first-order chi connectivity index (χ1) is 8.58. The fraction of sp³-hybridized carbons (Fsp3) is 0.250. The van der Waals surface area contributed by atoms with Crippen LogP contribution >= 0.6 is 0 Å². The van der Waals surface area contributed by atoms with Gasteiger partial charge in [0.15, 0.2) is 0 Å². The van der Waals surface area contributed by atoms with Crippen LogP contribution in [0.2, 0.25) is 0 Å². The fourth-order valence-corrected chi connectivity index (χ4v) is 1.39. The molecule has 0 aliphatic carbocycles. The van der Waals surface area contributed by atoms with Gasteiger partial charge in [0.25, 0.3) is 0 Å². The monoisotopic (exact) mass is 250 g/mol. The van der Waals surface area contributed by atoms with Crippen LogP contribution in [0.25, 0.3) is 0 Å². The zero-order chi connectivity index (χ0) is 13.5. The van der Waals surface area contributed by atoms with Crippen molar-refractivity contribution < 1.29 is 19.4 Å². The minimum atomic E-state index is -0.984. The second-order valence-electron chi connectivity index (χ2n) is 3.46. The quantitative estimate of drug-likeness (QED) is 0.598. The lowest BCUT2D eigenvalue weighted by molar-refractivity contribution is -0.135. The average molecular weight is 250 g/mol. The predicted octanol–water partition coefficient (Wildman–Crippen LogP) is 0.945. The normalized spacial score (nSPS) is 9.61. The van der Waals surface area contributed by atoms with Crippen molar-refractivity contribution in [2.45, 2.75) is 0 Å². The lowest BCUT2D eigenvalue weighted by Gasteiger charge is -2.20. The van der Waals surface area contributed by atoms with Crippen molar-refractivity contribution in [2.75, 3.05) is 25.1 Å². The van der Waals surface area contributed by atoms with Crippen LogP contribution in [0.4, 0.5) is 5.82 Å². The summed E-state index contributed by atoms with van der Waals surface area (Å²) in [7, 11) is 1.28. The maximum atomic E-state index is 11.4. The number of aromatic nitrogens is 1. The fourth-order valence-electron chi connectivity index (χ4n) is 1.39. The molecule has 1 rings (SSSR count). The molecule has 6 heteroatoms. The van der Waals surface area contributed by atoms with Crippen LogP contribution in [0.5, 0.6) is 0 Å². The Morgan fingerprint density at radius 1 is 1.61 bits per heavy atom. The first-order valence-corrected chi connectivity index (χ1v) is 5.20. The van der Waals surface area contributed by atoms with Gasteiger partial charge in [-0.15, -0.1) is 6.58 Å². The molecule has 1 aromatic heterocycles. The lowest BCUT2D eigenvalue weighted by Crippen LogP contribution is -2.30. The number of carboxylic acid groups (broad SMARTS) is 1. The van der Waals surface area contributed by atoms with E-state index in [2.05, 4.69) is 16.3 Å². The van der Waals surface area contributed by atoms with Gasteiger partial charge in [-0.05, 0) is 12.1 Å². The summed E-state index contributed by atoms with van der Waals surface area (Å²) in [4.78, 5) is 27.6. The van der Waals surface area contributed by atoms with Crippen molar-refractivity contribution in [1.29, 1.82) is 0 Å². The predicted molar refractivity (Wildman–Crippen MR) is 65.6 cm³/mol. The second kappa shape index (κ2) is 6.39. The van der Waals surface area contributed by atoms with E-state index in [9.17, 15) is 9.59 Å². The van der Waals surface area contributed by atoms with E-state index in [4.69, 9.17) is 5.11 Å². The van der Waals surface area contributed by atoms with Crippen molar-refractivity contribution in [1.82, 2.24) is 4.98 Å². The van der Waals surface area contributed by atoms with Gasteiger partial charge in [0, 0.05) is 12.7 Å². The minimum Gasteiger partial charge on any atom is -0.480 e. The lowest BCUT2D eigenvalue weighted by atomic mass is 10.2. The second-order valence-corrected chi connectivity index (χ2v) is 3.46. The first-order valence-electron chi connectivity index (χ1n) is 5.20. The summed E-state index contributed by atoms with van der Waals surface area (Å²) in [6.45, 7) is 3.66. The number of aliphatic carboxylic acids is 1. The van der Waals surface area contributed by atoms with E-state index in [0.29, 0.717) is 17.9 Å². The number of hydrogen-bond acceptors (Lipinski definition) is 5. The van der Waals surface area contributed by atoms with Gasteiger partial charge < -0.3 is 14.7 Å². The molecule has 0 saturated carbocycles. The molecule has 96 valence electrons. The van der Waals surface area contributed by atoms with Gasteiger partial charge in [0.2, 0.25) is 0 Å². The summed E-state index contributed by atoms with van der Waals surface area (Å²) < 4.78 is 4.59. The molecule has 1 aromatic rings. The van der Waals surface area contributed by atoms with Crippen LogP contribution in [0.15, 0.2) is 31.0 Å². The topological polar surface area (TPSA) is 79.7 Å². The van der Waals surface area contributed by atoms with Gasteiger partial charge >= 0.3 is 11.9 Å². The maximum absolute atomic E-state index is 11.4. The zero-order valence-electron chi connectivity index (χ0n) is 10.00. The third-order valence-electron chi connectivity index (χ3n) is 2.17. The third-order valence-corrected chi connectivity index (χ3v) is 2.17.